The van der Waals surface area contributed by atoms with E-state index in [1.165, 1.54) is 11.8 Å². The first-order chi connectivity index (χ1) is 16.4. The number of thiocarbonyl (C=S) groups is 1. The van der Waals surface area contributed by atoms with Crippen LogP contribution in [0.1, 0.15) is 76.8 Å². The second kappa shape index (κ2) is 12.5. The van der Waals surface area contributed by atoms with Gasteiger partial charge in [0.2, 0.25) is 0 Å². The summed E-state index contributed by atoms with van der Waals surface area (Å²) in [7, 11) is 0. The van der Waals surface area contributed by atoms with Crippen LogP contribution in [0.2, 0.25) is 0 Å². The van der Waals surface area contributed by atoms with E-state index in [-0.39, 0.29) is 11.5 Å². The molecule has 184 valence electrons. The summed E-state index contributed by atoms with van der Waals surface area (Å²) < 4.78 is 2.12. The highest BCUT2D eigenvalue weighted by molar-refractivity contribution is 8.26. The normalized spacial score (nSPS) is 16.1. The lowest BCUT2D eigenvalue weighted by Gasteiger charge is -2.21. The molecule has 3 rings (SSSR count). The molecular formula is C26H36N4O2S2. The van der Waals surface area contributed by atoms with E-state index in [0.29, 0.717) is 38.7 Å². The lowest BCUT2D eigenvalue weighted by Crippen LogP contribution is -2.33. The molecular weight excluding hydrogens is 464 g/mol. The van der Waals surface area contributed by atoms with Crippen LogP contribution in [0.4, 0.5) is 5.82 Å². The number of nitrogens with one attached hydrogen (secondary N) is 1. The fourth-order valence-corrected chi connectivity index (χ4v) is 5.33. The van der Waals surface area contributed by atoms with E-state index in [1.54, 1.807) is 21.6 Å². The minimum absolute atomic E-state index is 0.115. The van der Waals surface area contributed by atoms with Crippen molar-refractivity contribution < 1.29 is 4.79 Å². The van der Waals surface area contributed by atoms with Gasteiger partial charge in [0, 0.05) is 19.3 Å². The fraction of sp³-hybridized carbons (Fsp3) is 0.538. The SMILES string of the molecule is CCCCCNc1nc2ccc(C)cn2c(=O)c1C=C1SC(=S)N(CC(CC)CCCC)C1=O. The van der Waals surface area contributed by atoms with Crippen LogP contribution in [0.3, 0.4) is 0 Å². The van der Waals surface area contributed by atoms with Gasteiger partial charge in [-0.05, 0) is 43.4 Å². The average Bonchev–Trinajstić information content (AvgIpc) is 3.09. The van der Waals surface area contributed by atoms with Gasteiger partial charge in [0.15, 0.2) is 0 Å². The Morgan fingerprint density at radius 2 is 1.91 bits per heavy atom. The molecule has 0 saturated carbocycles. The molecule has 1 fully saturated rings. The van der Waals surface area contributed by atoms with Crippen molar-refractivity contribution >= 4 is 51.7 Å². The van der Waals surface area contributed by atoms with E-state index >= 15 is 0 Å². The molecule has 1 aliphatic rings. The molecule has 1 amide bonds. The van der Waals surface area contributed by atoms with E-state index in [9.17, 15) is 9.59 Å². The van der Waals surface area contributed by atoms with E-state index in [0.717, 1.165) is 57.1 Å². The molecule has 0 radical (unpaired) electrons. The number of aromatic nitrogens is 2. The Morgan fingerprint density at radius 1 is 1.15 bits per heavy atom. The highest BCUT2D eigenvalue weighted by Crippen LogP contribution is 2.34. The Kier molecular flexibility index (Phi) is 9.71. The number of hydrogen-bond donors (Lipinski definition) is 1. The topological polar surface area (TPSA) is 66.7 Å². The molecule has 1 saturated heterocycles. The molecule has 8 heteroatoms. The quantitative estimate of drug-likeness (QED) is 0.218. The van der Waals surface area contributed by atoms with Gasteiger partial charge in [0.1, 0.15) is 15.8 Å². The molecule has 1 atom stereocenters. The molecule has 3 heterocycles. The van der Waals surface area contributed by atoms with Crippen molar-refractivity contribution in [3.05, 3.63) is 44.7 Å². The second-order valence-corrected chi connectivity index (χ2v) is 10.6. The summed E-state index contributed by atoms with van der Waals surface area (Å²) in [5.41, 5.74) is 1.76. The maximum Gasteiger partial charge on any atom is 0.267 e. The van der Waals surface area contributed by atoms with Gasteiger partial charge in [0.25, 0.3) is 11.5 Å². The number of anilines is 1. The van der Waals surface area contributed by atoms with E-state index in [1.807, 2.05) is 19.1 Å². The van der Waals surface area contributed by atoms with Gasteiger partial charge in [-0.3, -0.25) is 18.9 Å². The highest BCUT2D eigenvalue weighted by atomic mass is 32.2. The standard InChI is InChI=1S/C26H36N4O2S2/c1-5-8-10-14-27-23-20(24(31)29-16-18(4)12-13-22(29)28-23)15-21-25(32)30(26(33)34-21)17-19(7-3)11-9-6-2/h12-13,15-16,19,27H,5-11,14,17H2,1-4H3. The number of aryl methyl sites for hydroxylation is 1. The Hall–Kier alpha value is -2.19. The van der Waals surface area contributed by atoms with E-state index in [2.05, 4.69) is 26.1 Å². The third-order valence-electron chi connectivity index (χ3n) is 6.21. The van der Waals surface area contributed by atoms with Crippen LogP contribution < -0.4 is 10.9 Å². The van der Waals surface area contributed by atoms with E-state index in [4.69, 9.17) is 17.2 Å². The molecule has 0 aromatic carbocycles. The monoisotopic (exact) mass is 500 g/mol. The number of pyridine rings is 1. The molecule has 1 N–H and O–H groups in total. The van der Waals surface area contributed by atoms with E-state index < -0.39 is 0 Å². The number of thioether (sulfide) groups is 1. The van der Waals surface area contributed by atoms with Crippen molar-refractivity contribution in [2.45, 2.75) is 72.6 Å². The number of amides is 1. The Morgan fingerprint density at radius 3 is 2.62 bits per heavy atom. The molecule has 2 aromatic heterocycles. The van der Waals surface area contributed by atoms with Gasteiger partial charge >= 0.3 is 0 Å². The van der Waals surface area contributed by atoms with Crippen LogP contribution in [0.25, 0.3) is 11.7 Å². The maximum absolute atomic E-state index is 13.5. The molecule has 34 heavy (non-hydrogen) atoms. The molecule has 0 bridgehead atoms. The minimum Gasteiger partial charge on any atom is -0.369 e. The number of rotatable bonds is 12. The third kappa shape index (κ3) is 6.27. The summed E-state index contributed by atoms with van der Waals surface area (Å²) in [5, 5.41) is 3.34. The number of nitrogens with zero attached hydrogens (tertiary/aromatic N) is 3. The minimum atomic E-state index is -0.189. The predicted octanol–water partition coefficient (Wildman–Crippen LogP) is 6.02. The fourth-order valence-electron chi connectivity index (χ4n) is 4.07. The van der Waals surface area contributed by atoms with Crippen LogP contribution in [-0.2, 0) is 4.79 Å². The van der Waals surface area contributed by atoms with Gasteiger partial charge < -0.3 is 5.32 Å². The number of carbonyl (C=O) groups is 1. The summed E-state index contributed by atoms with van der Waals surface area (Å²) in [5.74, 6) is 0.828. The number of hydrogen-bond acceptors (Lipinski definition) is 6. The van der Waals surface area contributed by atoms with Crippen molar-refractivity contribution in [2.75, 3.05) is 18.4 Å². The number of fused-ring (bicyclic) bond motifs is 1. The maximum atomic E-state index is 13.5. The highest BCUT2D eigenvalue weighted by Gasteiger charge is 2.33. The van der Waals surface area contributed by atoms with Crippen molar-refractivity contribution in [1.29, 1.82) is 0 Å². The molecule has 1 unspecified atom stereocenters. The Balaban J connectivity index is 1.95. The van der Waals surface area contributed by atoms with Crippen molar-refractivity contribution in [2.24, 2.45) is 5.92 Å². The predicted molar refractivity (Wildman–Crippen MR) is 147 cm³/mol. The van der Waals surface area contributed by atoms with Crippen LogP contribution in [0, 0.1) is 12.8 Å². The van der Waals surface area contributed by atoms with Crippen molar-refractivity contribution in [3.8, 4) is 0 Å². The third-order valence-corrected chi connectivity index (χ3v) is 7.59. The van der Waals surface area contributed by atoms with Gasteiger partial charge in [-0.1, -0.05) is 82.9 Å². The largest absolute Gasteiger partial charge is 0.369 e. The number of unbranched alkanes of at least 4 members (excludes halogenated alkanes) is 3. The van der Waals surface area contributed by atoms with Crippen LogP contribution >= 0.6 is 24.0 Å². The summed E-state index contributed by atoms with van der Waals surface area (Å²) in [4.78, 5) is 33.7. The molecule has 2 aromatic rings. The zero-order chi connectivity index (χ0) is 24.7. The zero-order valence-electron chi connectivity index (χ0n) is 20.7. The van der Waals surface area contributed by atoms with Crippen LogP contribution in [0.15, 0.2) is 28.0 Å². The second-order valence-electron chi connectivity index (χ2n) is 8.96. The summed E-state index contributed by atoms with van der Waals surface area (Å²) in [6, 6.07) is 3.79. The van der Waals surface area contributed by atoms with Gasteiger partial charge in [-0.2, -0.15) is 0 Å². The average molecular weight is 501 g/mol. The van der Waals surface area contributed by atoms with Crippen LogP contribution in [0.5, 0.6) is 0 Å². The summed E-state index contributed by atoms with van der Waals surface area (Å²) in [6.45, 7) is 9.79. The van der Waals surface area contributed by atoms with Crippen molar-refractivity contribution in [1.82, 2.24) is 14.3 Å². The molecule has 0 aliphatic carbocycles. The smallest absolute Gasteiger partial charge is 0.267 e. The molecule has 6 nitrogen and oxygen atoms in total. The first kappa shape index (κ1) is 26.4. The van der Waals surface area contributed by atoms with Crippen molar-refractivity contribution in [3.63, 3.8) is 0 Å². The van der Waals surface area contributed by atoms with Gasteiger partial charge in [-0.25, -0.2) is 4.98 Å². The summed E-state index contributed by atoms with van der Waals surface area (Å²) >= 11 is 6.84. The van der Waals surface area contributed by atoms with Gasteiger partial charge in [0.05, 0.1) is 10.5 Å². The first-order valence-corrected chi connectivity index (χ1v) is 13.6. The Bertz CT molecular complexity index is 1130. The zero-order valence-corrected chi connectivity index (χ0v) is 22.4. The molecule has 0 spiro atoms. The lowest BCUT2D eigenvalue weighted by molar-refractivity contribution is -0.122. The lowest BCUT2D eigenvalue weighted by atomic mass is 9.99. The van der Waals surface area contributed by atoms with Crippen LogP contribution in [-0.4, -0.2) is 37.6 Å². The summed E-state index contributed by atoms with van der Waals surface area (Å²) in [6.07, 6.45) is 11.1. The number of carbonyl (C=O) groups excluding carboxylic acids is 1. The molecule has 1 aliphatic heterocycles. The Labute approximate surface area is 212 Å². The van der Waals surface area contributed by atoms with Gasteiger partial charge in [-0.15, -0.1) is 0 Å². The first-order valence-electron chi connectivity index (χ1n) is 12.4.